The second-order valence-electron chi connectivity index (χ2n) is 5.31. The lowest BCUT2D eigenvalue weighted by atomic mass is 9.84. The highest BCUT2D eigenvalue weighted by atomic mass is 28.3. The average Bonchev–Trinajstić information content (AvgIpc) is 3.06. The van der Waals surface area contributed by atoms with E-state index in [4.69, 9.17) is 4.74 Å². The minimum Gasteiger partial charge on any atom is -0.370 e. The number of ether oxygens (including phenoxy) is 1. The van der Waals surface area contributed by atoms with E-state index in [1.54, 1.807) is 10.8 Å². The summed E-state index contributed by atoms with van der Waals surface area (Å²) in [6.07, 6.45) is 5.08. The lowest BCUT2D eigenvalue weighted by molar-refractivity contribution is 0.371. The van der Waals surface area contributed by atoms with Crippen molar-refractivity contribution in [2.45, 2.75) is 50.5 Å². The topological polar surface area (TPSA) is 12.5 Å². The maximum atomic E-state index is 5.64. The van der Waals surface area contributed by atoms with Gasteiger partial charge in [0, 0.05) is 0 Å². The van der Waals surface area contributed by atoms with E-state index in [2.05, 4.69) is 37.4 Å². The van der Waals surface area contributed by atoms with Gasteiger partial charge in [-0.2, -0.15) is 0 Å². The van der Waals surface area contributed by atoms with Crippen LogP contribution >= 0.6 is 0 Å². The molecule has 2 fully saturated rings. The molecule has 1 radical (unpaired) electrons. The van der Waals surface area contributed by atoms with Gasteiger partial charge in [-0.05, 0) is 30.7 Å². The fraction of sp³-hybridized carbons (Fsp3) is 0.571. The first-order chi connectivity index (χ1) is 7.75. The highest BCUT2D eigenvalue weighted by molar-refractivity contribution is 6.71. The average molecular weight is 231 g/mol. The number of hydrogen-bond acceptors (Lipinski definition) is 1. The molecule has 1 aromatic carbocycles. The lowest BCUT2D eigenvalue weighted by Crippen LogP contribution is -2.29. The molecule has 0 aromatic heterocycles. The standard InChI is InChI=1S/C14H19OSi/c1-16(2)14-6-4-3-5-11(14)10-7-8-12-13(9-10)15-12/h3-6,10,12-13H,7-9H2,1-2H3. The van der Waals surface area contributed by atoms with E-state index in [1.807, 2.05) is 0 Å². The maximum Gasteiger partial charge on any atom is 0.0847 e. The quantitative estimate of drug-likeness (QED) is 0.563. The molecular formula is C14H19OSi. The fourth-order valence-corrected chi connectivity index (χ4v) is 4.29. The molecule has 1 aromatic rings. The van der Waals surface area contributed by atoms with Crippen molar-refractivity contribution < 1.29 is 4.74 Å². The highest BCUT2D eigenvalue weighted by Crippen LogP contribution is 2.43. The predicted octanol–water partition coefficient (Wildman–Crippen LogP) is 2.68. The molecule has 1 nitrogen and oxygen atoms in total. The lowest BCUT2D eigenvalue weighted by Gasteiger charge is -2.23. The van der Waals surface area contributed by atoms with Crippen molar-refractivity contribution in [3.05, 3.63) is 29.8 Å². The summed E-state index contributed by atoms with van der Waals surface area (Å²) in [5.74, 6) is 0.764. The molecule has 2 heteroatoms. The van der Waals surface area contributed by atoms with Gasteiger partial charge in [-0.1, -0.05) is 42.5 Å². The molecule has 2 aliphatic rings. The number of fused-ring (bicyclic) bond motifs is 1. The minimum absolute atomic E-state index is 0.335. The fourth-order valence-electron chi connectivity index (χ4n) is 2.99. The first kappa shape index (κ1) is 10.5. The van der Waals surface area contributed by atoms with Crippen molar-refractivity contribution in [1.82, 2.24) is 0 Å². The molecule has 1 heterocycles. The molecule has 0 N–H and O–H groups in total. The molecule has 0 spiro atoms. The molecule has 1 aliphatic carbocycles. The van der Waals surface area contributed by atoms with Crippen LogP contribution in [0.5, 0.6) is 0 Å². The molecule has 85 valence electrons. The van der Waals surface area contributed by atoms with Crippen molar-refractivity contribution in [2.75, 3.05) is 0 Å². The van der Waals surface area contributed by atoms with Crippen LogP contribution in [-0.4, -0.2) is 21.0 Å². The van der Waals surface area contributed by atoms with Crippen LogP contribution in [0.1, 0.15) is 30.7 Å². The van der Waals surface area contributed by atoms with E-state index < -0.39 is 0 Å². The van der Waals surface area contributed by atoms with Gasteiger partial charge in [0.05, 0.1) is 21.0 Å². The summed E-state index contributed by atoms with van der Waals surface area (Å²) in [4.78, 5) is 0. The molecule has 0 bridgehead atoms. The van der Waals surface area contributed by atoms with E-state index in [9.17, 15) is 0 Å². The Bertz CT molecular complexity index is 388. The molecule has 3 unspecified atom stereocenters. The Morgan fingerprint density at radius 1 is 1.12 bits per heavy atom. The SMILES string of the molecule is C[Si](C)c1ccccc1C1CCC2OC2C1. The van der Waals surface area contributed by atoms with Gasteiger partial charge in [0.1, 0.15) is 0 Å². The second-order valence-corrected chi connectivity index (χ2v) is 7.85. The van der Waals surface area contributed by atoms with Gasteiger partial charge in [0.2, 0.25) is 0 Å². The van der Waals surface area contributed by atoms with Crippen LogP contribution in [0.25, 0.3) is 0 Å². The van der Waals surface area contributed by atoms with Crippen LogP contribution < -0.4 is 5.19 Å². The summed E-state index contributed by atoms with van der Waals surface area (Å²) in [5, 5.41) is 1.64. The van der Waals surface area contributed by atoms with Crippen molar-refractivity contribution in [3.63, 3.8) is 0 Å². The largest absolute Gasteiger partial charge is 0.370 e. The molecule has 1 saturated heterocycles. The van der Waals surface area contributed by atoms with E-state index in [0.29, 0.717) is 12.2 Å². The maximum absolute atomic E-state index is 5.64. The highest BCUT2D eigenvalue weighted by Gasteiger charge is 2.44. The van der Waals surface area contributed by atoms with Gasteiger partial charge in [0.15, 0.2) is 0 Å². The summed E-state index contributed by atoms with van der Waals surface area (Å²) in [6, 6.07) is 9.07. The zero-order valence-electron chi connectivity index (χ0n) is 10.1. The summed E-state index contributed by atoms with van der Waals surface area (Å²) < 4.78 is 5.64. The zero-order valence-corrected chi connectivity index (χ0v) is 11.1. The Hall–Kier alpha value is -0.603. The Morgan fingerprint density at radius 3 is 2.69 bits per heavy atom. The summed E-state index contributed by atoms with van der Waals surface area (Å²) >= 11 is 0. The van der Waals surface area contributed by atoms with Gasteiger partial charge >= 0.3 is 0 Å². The number of hydrogen-bond donors (Lipinski definition) is 0. The van der Waals surface area contributed by atoms with Crippen LogP contribution in [0.3, 0.4) is 0 Å². The molecule has 3 atom stereocenters. The van der Waals surface area contributed by atoms with Crippen molar-refractivity contribution in [2.24, 2.45) is 0 Å². The van der Waals surface area contributed by atoms with E-state index in [0.717, 1.165) is 5.92 Å². The summed E-state index contributed by atoms with van der Waals surface area (Å²) in [6.45, 7) is 4.78. The third-order valence-corrected chi connectivity index (χ3v) is 5.48. The van der Waals surface area contributed by atoms with Crippen molar-refractivity contribution in [3.8, 4) is 0 Å². The third kappa shape index (κ3) is 1.85. The van der Waals surface area contributed by atoms with Gasteiger partial charge in [-0.25, -0.2) is 0 Å². The first-order valence-corrected chi connectivity index (χ1v) is 8.80. The Kier molecular flexibility index (Phi) is 2.64. The van der Waals surface area contributed by atoms with Crippen LogP contribution in [0.4, 0.5) is 0 Å². The predicted molar refractivity (Wildman–Crippen MR) is 68.8 cm³/mol. The Labute approximate surface area is 99.4 Å². The smallest absolute Gasteiger partial charge is 0.0847 e. The van der Waals surface area contributed by atoms with E-state index in [1.165, 1.54) is 19.3 Å². The molecule has 0 amide bonds. The van der Waals surface area contributed by atoms with E-state index >= 15 is 0 Å². The number of rotatable bonds is 2. The molecular weight excluding hydrogens is 212 g/mol. The van der Waals surface area contributed by atoms with Crippen LogP contribution in [0.15, 0.2) is 24.3 Å². The normalized spacial score (nSPS) is 32.6. The van der Waals surface area contributed by atoms with E-state index in [-0.39, 0.29) is 8.80 Å². The van der Waals surface area contributed by atoms with Crippen LogP contribution in [-0.2, 0) is 4.74 Å². The summed E-state index contributed by atoms with van der Waals surface area (Å²) in [5.41, 5.74) is 1.62. The van der Waals surface area contributed by atoms with Gasteiger partial charge in [0.25, 0.3) is 0 Å². The van der Waals surface area contributed by atoms with Gasteiger partial charge < -0.3 is 4.74 Å². The molecule has 3 rings (SSSR count). The van der Waals surface area contributed by atoms with Crippen LogP contribution in [0, 0.1) is 0 Å². The minimum atomic E-state index is -0.335. The third-order valence-electron chi connectivity index (χ3n) is 3.94. The number of benzene rings is 1. The number of epoxide rings is 1. The van der Waals surface area contributed by atoms with Crippen LogP contribution in [0.2, 0.25) is 13.1 Å². The Balaban J connectivity index is 1.87. The zero-order chi connectivity index (χ0) is 11.1. The molecule has 1 aliphatic heterocycles. The van der Waals surface area contributed by atoms with Crippen molar-refractivity contribution in [1.29, 1.82) is 0 Å². The summed E-state index contributed by atoms with van der Waals surface area (Å²) in [7, 11) is -0.335. The Morgan fingerprint density at radius 2 is 1.94 bits per heavy atom. The van der Waals surface area contributed by atoms with Gasteiger partial charge in [-0.15, -0.1) is 0 Å². The monoisotopic (exact) mass is 231 g/mol. The molecule has 1 saturated carbocycles. The second kappa shape index (κ2) is 4.01. The van der Waals surface area contributed by atoms with Crippen molar-refractivity contribution >= 4 is 14.0 Å². The molecule has 16 heavy (non-hydrogen) atoms. The first-order valence-electron chi connectivity index (χ1n) is 6.30. The van der Waals surface area contributed by atoms with Gasteiger partial charge in [-0.3, -0.25) is 0 Å².